The van der Waals surface area contributed by atoms with E-state index in [0.717, 1.165) is 23.1 Å². The molecule has 146 valence electrons. The molecule has 1 amide bonds. The van der Waals surface area contributed by atoms with Crippen molar-refractivity contribution in [1.29, 1.82) is 0 Å². The number of aromatic nitrogens is 1. The van der Waals surface area contributed by atoms with Crippen LogP contribution in [0.4, 0.5) is 0 Å². The van der Waals surface area contributed by atoms with Crippen molar-refractivity contribution in [3.8, 4) is 0 Å². The Kier molecular flexibility index (Phi) is 5.63. The number of nitrogens with one attached hydrogen (secondary N) is 1. The molecule has 1 N–H and O–H groups in total. The van der Waals surface area contributed by atoms with Crippen molar-refractivity contribution in [2.24, 2.45) is 0 Å². The van der Waals surface area contributed by atoms with E-state index in [1.807, 2.05) is 42.5 Å². The molecule has 0 fully saturated rings. The first kappa shape index (κ1) is 19.2. The Hall–Kier alpha value is -3.11. The highest BCUT2D eigenvalue weighted by atomic mass is 35.5. The number of fused-ring (bicyclic) bond motifs is 1. The first-order valence-corrected chi connectivity index (χ1v) is 9.98. The van der Waals surface area contributed by atoms with Gasteiger partial charge in [0.1, 0.15) is 5.52 Å². The van der Waals surface area contributed by atoms with Crippen LogP contribution in [0.15, 0.2) is 71.1 Å². The van der Waals surface area contributed by atoms with Crippen molar-refractivity contribution in [3.63, 3.8) is 0 Å². The van der Waals surface area contributed by atoms with Crippen LogP contribution < -0.4 is 5.32 Å². The van der Waals surface area contributed by atoms with E-state index in [4.69, 9.17) is 16.0 Å². The number of rotatable bonds is 6. The predicted molar refractivity (Wildman–Crippen MR) is 115 cm³/mol. The maximum absolute atomic E-state index is 12.5. The summed E-state index contributed by atoms with van der Waals surface area (Å²) < 4.78 is 5.86. The highest BCUT2D eigenvalue weighted by Gasteiger charge is 2.11. The number of hydrogen-bond donors (Lipinski definition) is 1. The summed E-state index contributed by atoms with van der Waals surface area (Å²) in [5.41, 5.74) is 5.25. The number of carbonyl (C=O) groups excluding carboxylic acids is 1. The van der Waals surface area contributed by atoms with Gasteiger partial charge in [-0.05, 0) is 53.4 Å². The van der Waals surface area contributed by atoms with Crippen LogP contribution in [0.3, 0.4) is 0 Å². The summed E-state index contributed by atoms with van der Waals surface area (Å²) in [5, 5.41) is 3.64. The fourth-order valence-electron chi connectivity index (χ4n) is 3.19. The SMILES string of the molecule is CCc1ccc(CNC(=O)c2ccc3nc(Cc4cccc(Cl)c4)oc3c2)cc1. The molecule has 3 aromatic carbocycles. The zero-order chi connectivity index (χ0) is 20.2. The zero-order valence-electron chi connectivity index (χ0n) is 16.1. The van der Waals surface area contributed by atoms with Crippen LogP contribution in [0.2, 0.25) is 5.02 Å². The molecule has 1 aromatic heterocycles. The predicted octanol–water partition coefficient (Wildman–Crippen LogP) is 5.56. The third-order valence-corrected chi connectivity index (χ3v) is 5.06. The average molecular weight is 405 g/mol. The Morgan fingerprint density at radius 1 is 1.00 bits per heavy atom. The molecule has 0 atom stereocenters. The number of carbonyl (C=O) groups is 1. The normalized spacial score (nSPS) is 11.0. The van der Waals surface area contributed by atoms with E-state index in [1.165, 1.54) is 5.56 Å². The number of hydrogen-bond acceptors (Lipinski definition) is 3. The van der Waals surface area contributed by atoms with Crippen LogP contribution >= 0.6 is 11.6 Å². The fraction of sp³-hybridized carbons (Fsp3) is 0.167. The van der Waals surface area contributed by atoms with Gasteiger partial charge in [-0.2, -0.15) is 0 Å². The zero-order valence-corrected chi connectivity index (χ0v) is 16.9. The molecule has 0 saturated heterocycles. The largest absolute Gasteiger partial charge is 0.440 e. The van der Waals surface area contributed by atoms with E-state index < -0.39 is 0 Å². The topological polar surface area (TPSA) is 55.1 Å². The molecule has 29 heavy (non-hydrogen) atoms. The molecule has 1 heterocycles. The van der Waals surface area contributed by atoms with E-state index in [1.54, 1.807) is 12.1 Å². The maximum atomic E-state index is 12.5. The summed E-state index contributed by atoms with van der Waals surface area (Å²) in [7, 11) is 0. The quantitative estimate of drug-likeness (QED) is 0.457. The second-order valence-corrected chi connectivity index (χ2v) is 7.39. The molecule has 0 radical (unpaired) electrons. The van der Waals surface area contributed by atoms with E-state index in [2.05, 4.69) is 29.4 Å². The number of benzene rings is 3. The van der Waals surface area contributed by atoms with Crippen molar-refractivity contribution in [2.45, 2.75) is 26.3 Å². The molecule has 0 spiro atoms. The van der Waals surface area contributed by atoms with Crippen molar-refractivity contribution in [1.82, 2.24) is 10.3 Å². The van der Waals surface area contributed by atoms with Gasteiger partial charge < -0.3 is 9.73 Å². The highest BCUT2D eigenvalue weighted by Crippen LogP contribution is 2.21. The number of oxazole rings is 1. The Morgan fingerprint density at radius 2 is 1.79 bits per heavy atom. The van der Waals surface area contributed by atoms with Gasteiger partial charge in [0, 0.05) is 23.6 Å². The molecule has 4 aromatic rings. The van der Waals surface area contributed by atoms with Gasteiger partial charge in [0.15, 0.2) is 11.5 Å². The molecule has 0 saturated carbocycles. The summed E-state index contributed by atoms with van der Waals surface area (Å²) in [4.78, 5) is 17.0. The third kappa shape index (κ3) is 4.66. The lowest BCUT2D eigenvalue weighted by Crippen LogP contribution is -2.22. The first-order chi connectivity index (χ1) is 14.1. The molecular weight excluding hydrogens is 384 g/mol. The Morgan fingerprint density at radius 3 is 2.55 bits per heavy atom. The van der Waals surface area contributed by atoms with Gasteiger partial charge in [-0.3, -0.25) is 4.79 Å². The number of aryl methyl sites for hydroxylation is 1. The van der Waals surface area contributed by atoms with Gasteiger partial charge in [0.2, 0.25) is 0 Å². The summed E-state index contributed by atoms with van der Waals surface area (Å²) in [5.74, 6) is 0.454. The van der Waals surface area contributed by atoms with Crippen LogP contribution in [-0.4, -0.2) is 10.9 Å². The van der Waals surface area contributed by atoms with Crippen LogP contribution in [0.5, 0.6) is 0 Å². The van der Waals surface area contributed by atoms with Crippen molar-refractivity contribution >= 4 is 28.6 Å². The molecule has 4 nitrogen and oxygen atoms in total. The van der Waals surface area contributed by atoms with E-state index in [-0.39, 0.29) is 5.91 Å². The summed E-state index contributed by atoms with van der Waals surface area (Å²) in [6.07, 6.45) is 1.55. The van der Waals surface area contributed by atoms with Crippen LogP contribution in [0.25, 0.3) is 11.1 Å². The molecule has 0 aliphatic carbocycles. The molecule has 5 heteroatoms. The number of amides is 1. The monoisotopic (exact) mass is 404 g/mol. The van der Waals surface area contributed by atoms with Crippen LogP contribution in [0, 0.1) is 0 Å². The van der Waals surface area contributed by atoms with Gasteiger partial charge in [-0.1, -0.05) is 54.9 Å². The smallest absolute Gasteiger partial charge is 0.251 e. The first-order valence-electron chi connectivity index (χ1n) is 9.60. The van der Waals surface area contributed by atoms with Crippen molar-refractivity contribution in [2.75, 3.05) is 0 Å². The van der Waals surface area contributed by atoms with Crippen molar-refractivity contribution < 1.29 is 9.21 Å². The number of nitrogens with zero attached hydrogens (tertiary/aromatic N) is 1. The molecule has 0 unspecified atom stereocenters. The maximum Gasteiger partial charge on any atom is 0.251 e. The second-order valence-electron chi connectivity index (χ2n) is 6.95. The van der Waals surface area contributed by atoms with E-state index in [0.29, 0.717) is 35.0 Å². The standard InChI is InChI=1S/C24H21ClN2O2/c1-2-16-6-8-17(9-7-16)15-26-24(28)19-10-11-21-22(14-19)29-23(27-21)13-18-4-3-5-20(25)12-18/h3-12,14H,2,13,15H2,1H3,(H,26,28). The Balaban J connectivity index is 1.45. The Bertz CT molecular complexity index is 1150. The van der Waals surface area contributed by atoms with Gasteiger partial charge in [0.05, 0.1) is 0 Å². The lowest BCUT2D eigenvalue weighted by molar-refractivity contribution is 0.0951. The summed E-state index contributed by atoms with van der Waals surface area (Å²) >= 11 is 6.04. The molecule has 0 aliphatic rings. The van der Waals surface area contributed by atoms with E-state index >= 15 is 0 Å². The third-order valence-electron chi connectivity index (χ3n) is 4.82. The Labute approximate surface area is 174 Å². The van der Waals surface area contributed by atoms with Crippen LogP contribution in [-0.2, 0) is 19.4 Å². The minimum absolute atomic E-state index is 0.140. The summed E-state index contributed by atoms with van der Waals surface area (Å²) in [6, 6.07) is 21.2. The average Bonchev–Trinajstić information content (AvgIpc) is 3.13. The van der Waals surface area contributed by atoms with Crippen LogP contribution in [0.1, 0.15) is 39.9 Å². The highest BCUT2D eigenvalue weighted by molar-refractivity contribution is 6.30. The fourth-order valence-corrected chi connectivity index (χ4v) is 3.40. The van der Waals surface area contributed by atoms with E-state index in [9.17, 15) is 4.79 Å². The second kappa shape index (κ2) is 8.50. The van der Waals surface area contributed by atoms with Gasteiger partial charge in [-0.15, -0.1) is 0 Å². The lowest BCUT2D eigenvalue weighted by Gasteiger charge is -2.06. The molecule has 0 bridgehead atoms. The molecular formula is C24H21ClN2O2. The minimum atomic E-state index is -0.140. The van der Waals surface area contributed by atoms with Gasteiger partial charge in [-0.25, -0.2) is 4.98 Å². The number of halogens is 1. The lowest BCUT2D eigenvalue weighted by atomic mass is 10.1. The minimum Gasteiger partial charge on any atom is -0.440 e. The summed E-state index contributed by atoms with van der Waals surface area (Å²) in [6.45, 7) is 2.61. The molecule has 4 rings (SSSR count). The molecule has 0 aliphatic heterocycles. The van der Waals surface area contributed by atoms with Gasteiger partial charge >= 0.3 is 0 Å². The van der Waals surface area contributed by atoms with Gasteiger partial charge in [0.25, 0.3) is 5.91 Å². The van der Waals surface area contributed by atoms with Crippen molar-refractivity contribution in [3.05, 3.63) is 99.9 Å².